The van der Waals surface area contributed by atoms with E-state index in [2.05, 4.69) is 45.7 Å². The zero-order valence-corrected chi connectivity index (χ0v) is 14.3. The fraction of sp³-hybridized carbons (Fsp3) is 0.588. The third kappa shape index (κ3) is 3.10. The molecule has 0 aromatic heterocycles. The molecule has 1 fully saturated rings. The first kappa shape index (κ1) is 15.7. The Kier molecular flexibility index (Phi) is 4.93. The molecular weight excluding hydrogens is 294 g/mol. The van der Waals surface area contributed by atoms with Crippen LogP contribution in [0, 0.1) is 0 Å². The highest BCUT2D eigenvalue weighted by molar-refractivity contribution is 8.00. The standard InChI is InChI=1S/C17H25N3OS/c1-18-16(19-13-17(22-2)8-11-21-12-9-17)20-10-7-14-5-3-4-6-15(14)20/h3-6H,7-13H2,1-2H3,(H,18,19). The summed E-state index contributed by atoms with van der Waals surface area (Å²) in [7, 11) is 1.87. The van der Waals surface area contributed by atoms with Crippen LogP contribution in [0.2, 0.25) is 0 Å². The van der Waals surface area contributed by atoms with Crippen LogP contribution in [-0.4, -0.2) is 50.3 Å². The fourth-order valence-corrected chi connectivity index (χ4v) is 4.08. The first-order valence-electron chi connectivity index (χ1n) is 7.97. The molecule has 0 unspecified atom stereocenters. The van der Waals surface area contributed by atoms with E-state index in [0.29, 0.717) is 0 Å². The predicted octanol–water partition coefficient (Wildman–Crippen LogP) is 2.54. The Bertz CT molecular complexity index is 540. The summed E-state index contributed by atoms with van der Waals surface area (Å²) < 4.78 is 5.80. The summed E-state index contributed by atoms with van der Waals surface area (Å²) in [5.74, 6) is 0.991. The van der Waals surface area contributed by atoms with Crippen LogP contribution in [0.3, 0.4) is 0 Å². The monoisotopic (exact) mass is 319 g/mol. The largest absolute Gasteiger partial charge is 0.381 e. The zero-order chi connectivity index (χ0) is 15.4. The smallest absolute Gasteiger partial charge is 0.198 e. The SMILES string of the molecule is CN=C(NCC1(SC)CCOCC1)N1CCc2ccccc21. The van der Waals surface area contributed by atoms with Crippen LogP contribution in [-0.2, 0) is 11.2 Å². The highest BCUT2D eigenvalue weighted by Crippen LogP contribution is 2.33. The molecule has 5 heteroatoms. The summed E-state index contributed by atoms with van der Waals surface area (Å²) in [4.78, 5) is 6.82. The number of fused-ring (bicyclic) bond motifs is 1. The molecule has 1 aromatic rings. The van der Waals surface area contributed by atoms with Crippen LogP contribution in [0.15, 0.2) is 29.3 Å². The molecular formula is C17H25N3OS. The number of rotatable bonds is 3. The highest BCUT2D eigenvalue weighted by atomic mass is 32.2. The average molecular weight is 319 g/mol. The van der Waals surface area contributed by atoms with Crippen molar-refractivity contribution in [2.45, 2.75) is 24.0 Å². The van der Waals surface area contributed by atoms with Crippen molar-refractivity contribution in [3.05, 3.63) is 29.8 Å². The molecule has 2 aliphatic rings. The lowest BCUT2D eigenvalue weighted by Gasteiger charge is -2.37. The Balaban J connectivity index is 1.68. The van der Waals surface area contributed by atoms with Gasteiger partial charge in [-0.05, 0) is 37.1 Å². The lowest BCUT2D eigenvalue weighted by molar-refractivity contribution is 0.0783. The Hall–Kier alpha value is -1.20. The van der Waals surface area contributed by atoms with Crippen LogP contribution in [0.5, 0.6) is 0 Å². The summed E-state index contributed by atoms with van der Waals surface area (Å²) in [5.41, 5.74) is 2.71. The normalized spacial score (nSPS) is 20.8. The van der Waals surface area contributed by atoms with Crippen molar-refractivity contribution in [2.24, 2.45) is 4.99 Å². The molecule has 0 atom stereocenters. The van der Waals surface area contributed by atoms with Gasteiger partial charge in [-0.3, -0.25) is 4.99 Å². The minimum absolute atomic E-state index is 0.271. The second-order valence-electron chi connectivity index (χ2n) is 5.93. The van der Waals surface area contributed by atoms with Crippen LogP contribution in [0.1, 0.15) is 18.4 Å². The van der Waals surface area contributed by atoms with Crippen molar-refractivity contribution in [1.29, 1.82) is 0 Å². The van der Waals surface area contributed by atoms with Gasteiger partial charge in [0.15, 0.2) is 5.96 Å². The maximum atomic E-state index is 5.52. The van der Waals surface area contributed by atoms with Gasteiger partial charge in [-0.2, -0.15) is 11.8 Å². The van der Waals surface area contributed by atoms with E-state index in [1.54, 1.807) is 0 Å². The van der Waals surface area contributed by atoms with E-state index in [-0.39, 0.29) is 4.75 Å². The fourth-order valence-electron chi connectivity index (χ4n) is 3.29. The molecule has 22 heavy (non-hydrogen) atoms. The number of benzene rings is 1. The lowest BCUT2D eigenvalue weighted by Crippen LogP contribution is -2.49. The van der Waals surface area contributed by atoms with E-state index in [4.69, 9.17) is 4.74 Å². The number of thioether (sulfide) groups is 1. The zero-order valence-electron chi connectivity index (χ0n) is 13.5. The quantitative estimate of drug-likeness (QED) is 0.686. The third-order valence-electron chi connectivity index (χ3n) is 4.76. The maximum Gasteiger partial charge on any atom is 0.198 e. The number of anilines is 1. The van der Waals surface area contributed by atoms with Crippen molar-refractivity contribution in [3.63, 3.8) is 0 Å². The number of guanidine groups is 1. The Morgan fingerprint density at radius 1 is 1.36 bits per heavy atom. The van der Waals surface area contributed by atoms with Gasteiger partial charge in [0, 0.05) is 43.8 Å². The van der Waals surface area contributed by atoms with Gasteiger partial charge in [-0.15, -0.1) is 0 Å². The number of hydrogen-bond donors (Lipinski definition) is 1. The van der Waals surface area contributed by atoms with Crippen LogP contribution in [0.4, 0.5) is 5.69 Å². The molecule has 1 aromatic carbocycles. The Morgan fingerprint density at radius 2 is 2.14 bits per heavy atom. The summed E-state index contributed by atoms with van der Waals surface area (Å²) in [5, 5.41) is 3.61. The maximum absolute atomic E-state index is 5.52. The lowest BCUT2D eigenvalue weighted by atomic mass is 9.99. The number of nitrogens with zero attached hydrogens (tertiary/aromatic N) is 2. The van der Waals surface area contributed by atoms with Crippen molar-refractivity contribution in [3.8, 4) is 0 Å². The molecule has 4 nitrogen and oxygen atoms in total. The van der Waals surface area contributed by atoms with E-state index in [1.807, 2.05) is 18.8 Å². The second kappa shape index (κ2) is 6.92. The first-order chi connectivity index (χ1) is 10.8. The molecule has 2 heterocycles. The molecule has 3 rings (SSSR count). The number of ether oxygens (including phenoxy) is 1. The van der Waals surface area contributed by atoms with Crippen LogP contribution in [0.25, 0.3) is 0 Å². The average Bonchev–Trinajstić information content (AvgIpc) is 3.01. The van der Waals surface area contributed by atoms with E-state index in [0.717, 1.165) is 51.5 Å². The van der Waals surface area contributed by atoms with Gasteiger partial charge in [0.25, 0.3) is 0 Å². The van der Waals surface area contributed by atoms with Crippen LogP contribution < -0.4 is 10.2 Å². The summed E-state index contributed by atoms with van der Waals surface area (Å²) in [6.45, 7) is 3.69. The Labute approximate surface area is 137 Å². The molecule has 0 bridgehead atoms. The van der Waals surface area contributed by atoms with Gasteiger partial charge in [-0.25, -0.2) is 0 Å². The van der Waals surface area contributed by atoms with Gasteiger partial charge in [-0.1, -0.05) is 18.2 Å². The molecule has 0 aliphatic carbocycles. The summed E-state index contributed by atoms with van der Waals surface area (Å²) in [6, 6.07) is 8.62. The molecule has 1 N–H and O–H groups in total. The minimum atomic E-state index is 0.271. The van der Waals surface area contributed by atoms with E-state index in [9.17, 15) is 0 Å². The third-order valence-corrected chi connectivity index (χ3v) is 6.18. The van der Waals surface area contributed by atoms with E-state index >= 15 is 0 Å². The molecule has 1 saturated heterocycles. The number of para-hydroxylation sites is 1. The molecule has 0 spiro atoms. The molecule has 120 valence electrons. The number of aliphatic imine (C=N–C) groups is 1. The van der Waals surface area contributed by atoms with E-state index in [1.165, 1.54) is 11.3 Å². The van der Waals surface area contributed by atoms with Crippen molar-refractivity contribution in [2.75, 3.05) is 44.5 Å². The summed E-state index contributed by atoms with van der Waals surface area (Å²) in [6.07, 6.45) is 5.52. The number of nitrogens with one attached hydrogen (secondary N) is 1. The Morgan fingerprint density at radius 3 is 2.86 bits per heavy atom. The predicted molar refractivity (Wildman–Crippen MR) is 95.2 cm³/mol. The first-order valence-corrected chi connectivity index (χ1v) is 9.19. The van der Waals surface area contributed by atoms with Gasteiger partial charge >= 0.3 is 0 Å². The van der Waals surface area contributed by atoms with Crippen molar-refractivity contribution in [1.82, 2.24) is 5.32 Å². The topological polar surface area (TPSA) is 36.9 Å². The molecule has 0 saturated carbocycles. The van der Waals surface area contributed by atoms with Crippen LogP contribution >= 0.6 is 11.8 Å². The highest BCUT2D eigenvalue weighted by Gasteiger charge is 2.33. The second-order valence-corrected chi connectivity index (χ2v) is 7.20. The van der Waals surface area contributed by atoms with Crippen molar-refractivity contribution >= 4 is 23.4 Å². The number of hydrogen-bond acceptors (Lipinski definition) is 3. The molecule has 0 amide bonds. The molecule has 0 radical (unpaired) electrons. The molecule has 2 aliphatic heterocycles. The minimum Gasteiger partial charge on any atom is -0.381 e. The van der Waals surface area contributed by atoms with E-state index < -0.39 is 0 Å². The van der Waals surface area contributed by atoms with Gasteiger partial charge in [0.1, 0.15) is 0 Å². The van der Waals surface area contributed by atoms with Gasteiger partial charge in [0.05, 0.1) is 0 Å². The van der Waals surface area contributed by atoms with Gasteiger partial charge in [0.2, 0.25) is 0 Å². The summed E-state index contributed by atoms with van der Waals surface area (Å²) >= 11 is 1.96. The van der Waals surface area contributed by atoms with Gasteiger partial charge < -0.3 is 15.0 Å². The van der Waals surface area contributed by atoms with Crippen molar-refractivity contribution < 1.29 is 4.74 Å².